The molecular formula is C20H25N7O5S. The summed E-state index contributed by atoms with van der Waals surface area (Å²) < 4.78 is 32.3. The summed E-state index contributed by atoms with van der Waals surface area (Å²) in [6, 6.07) is 7.48. The van der Waals surface area contributed by atoms with Gasteiger partial charge in [0.05, 0.1) is 23.9 Å². The number of anilines is 1. The number of carbonyl (C=O) groups excluding carboxylic acids is 2. The first-order chi connectivity index (χ1) is 15.8. The van der Waals surface area contributed by atoms with E-state index in [0.717, 1.165) is 5.82 Å². The van der Waals surface area contributed by atoms with Crippen molar-refractivity contribution in [1.29, 1.82) is 5.26 Å². The molecule has 13 heteroatoms. The van der Waals surface area contributed by atoms with E-state index in [1.807, 2.05) is 17.0 Å². The van der Waals surface area contributed by atoms with Crippen LogP contribution in [0.15, 0.2) is 35.0 Å². The first kappa shape index (κ1) is 24.1. The number of aryl methyl sites for hydroxylation is 1. The molecule has 2 amide bonds. The molecule has 0 spiro atoms. The quantitative estimate of drug-likeness (QED) is 0.442. The number of hydrogen-bond donors (Lipinski definition) is 2. The maximum atomic E-state index is 13.0. The zero-order valence-corrected chi connectivity index (χ0v) is 18.9. The van der Waals surface area contributed by atoms with Gasteiger partial charge in [-0.25, -0.2) is 13.4 Å². The third kappa shape index (κ3) is 6.74. The molecular weight excluding hydrogens is 450 g/mol. The summed E-state index contributed by atoms with van der Waals surface area (Å²) in [7, 11) is -3.88. The average molecular weight is 476 g/mol. The molecule has 0 saturated carbocycles. The molecule has 1 aliphatic heterocycles. The summed E-state index contributed by atoms with van der Waals surface area (Å²) in [5.41, 5.74) is 0.591. The van der Waals surface area contributed by atoms with Crippen LogP contribution in [0.1, 0.15) is 11.5 Å². The number of carbonyl (C=O) groups is 2. The van der Waals surface area contributed by atoms with Crippen molar-refractivity contribution in [2.45, 2.75) is 19.4 Å². The van der Waals surface area contributed by atoms with Crippen LogP contribution in [0.3, 0.4) is 0 Å². The molecule has 33 heavy (non-hydrogen) atoms. The molecule has 1 atom stereocenters. The molecule has 0 unspecified atom stereocenters. The Bertz CT molecular complexity index is 1110. The standard InChI is InChI=1S/C20H25N7O5S/c1-15-12-16(32-25-15)13-19(28)24-17(20(29)23-7-5-21)14-33(30,31)27-10-8-26(9-11-27)18-4-2-3-6-22-18/h2-4,6,12,17H,7-11,13-14H2,1H3,(H,23,29)(H,24,28)/t17-/m0/s1. The molecule has 2 aromatic heterocycles. The smallest absolute Gasteiger partial charge is 0.244 e. The number of hydrogen-bond acceptors (Lipinski definition) is 9. The number of piperazine rings is 1. The molecule has 2 aromatic rings. The van der Waals surface area contributed by atoms with E-state index in [4.69, 9.17) is 9.78 Å². The number of nitriles is 1. The monoisotopic (exact) mass is 475 g/mol. The van der Waals surface area contributed by atoms with Crippen molar-refractivity contribution in [3.8, 4) is 6.07 Å². The van der Waals surface area contributed by atoms with E-state index in [1.165, 1.54) is 4.31 Å². The highest BCUT2D eigenvalue weighted by molar-refractivity contribution is 7.89. The number of sulfonamides is 1. The lowest BCUT2D eigenvalue weighted by atomic mass is 10.2. The molecule has 3 rings (SSSR count). The van der Waals surface area contributed by atoms with Crippen LogP contribution in [0, 0.1) is 18.3 Å². The molecule has 1 fully saturated rings. The predicted octanol–water partition coefficient (Wildman–Crippen LogP) is -0.803. The van der Waals surface area contributed by atoms with Crippen molar-refractivity contribution >= 4 is 27.7 Å². The summed E-state index contributed by atoms with van der Waals surface area (Å²) in [6.45, 7) is 2.71. The highest BCUT2D eigenvalue weighted by Crippen LogP contribution is 2.15. The van der Waals surface area contributed by atoms with E-state index in [0.29, 0.717) is 18.8 Å². The van der Waals surface area contributed by atoms with E-state index >= 15 is 0 Å². The third-order valence-electron chi connectivity index (χ3n) is 4.99. The molecule has 0 aliphatic carbocycles. The highest BCUT2D eigenvalue weighted by atomic mass is 32.2. The normalized spacial score (nSPS) is 15.5. The molecule has 1 aliphatic rings. The topological polar surface area (TPSA) is 162 Å². The molecule has 2 N–H and O–H groups in total. The van der Waals surface area contributed by atoms with Gasteiger partial charge in [-0.2, -0.15) is 9.57 Å². The zero-order chi connectivity index (χ0) is 23.8. The highest BCUT2D eigenvalue weighted by Gasteiger charge is 2.33. The minimum atomic E-state index is -3.88. The van der Waals surface area contributed by atoms with Crippen molar-refractivity contribution in [3.05, 3.63) is 41.9 Å². The van der Waals surface area contributed by atoms with Crippen LogP contribution < -0.4 is 15.5 Å². The van der Waals surface area contributed by atoms with Gasteiger partial charge in [0.1, 0.15) is 24.2 Å². The van der Waals surface area contributed by atoms with Crippen molar-refractivity contribution in [3.63, 3.8) is 0 Å². The minimum Gasteiger partial charge on any atom is -0.361 e. The van der Waals surface area contributed by atoms with Crippen LogP contribution in [-0.2, 0) is 26.0 Å². The van der Waals surface area contributed by atoms with Gasteiger partial charge in [-0.15, -0.1) is 0 Å². The Morgan fingerprint density at radius 3 is 2.64 bits per heavy atom. The molecule has 176 valence electrons. The minimum absolute atomic E-state index is 0.203. The van der Waals surface area contributed by atoms with E-state index in [-0.39, 0.29) is 31.8 Å². The summed E-state index contributed by atoms with van der Waals surface area (Å²) in [6.07, 6.45) is 1.47. The summed E-state index contributed by atoms with van der Waals surface area (Å²) in [5, 5.41) is 17.2. The lowest BCUT2D eigenvalue weighted by molar-refractivity contribution is -0.128. The van der Waals surface area contributed by atoms with Gasteiger partial charge in [-0.3, -0.25) is 9.59 Å². The lowest BCUT2D eigenvalue weighted by Gasteiger charge is -2.35. The number of rotatable bonds is 9. The summed E-state index contributed by atoms with van der Waals surface area (Å²) in [4.78, 5) is 31.1. The first-order valence-electron chi connectivity index (χ1n) is 10.3. The number of amides is 2. The van der Waals surface area contributed by atoms with E-state index in [1.54, 1.807) is 31.3 Å². The van der Waals surface area contributed by atoms with Crippen LogP contribution in [0.5, 0.6) is 0 Å². The molecule has 0 aromatic carbocycles. The van der Waals surface area contributed by atoms with Gasteiger partial charge in [0.25, 0.3) is 0 Å². The maximum Gasteiger partial charge on any atom is 0.244 e. The number of nitrogens with one attached hydrogen (secondary N) is 2. The summed E-state index contributed by atoms with van der Waals surface area (Å²) >= 11 is 0. The second-order valence-electron chi connectivity index (χ2n) is 7.46. The van der Waals surface area contributed by atoms with Crippen molar-refractivity contribution in [2.24, 2.45) is 0 Å². The van der Waals surface area contributed by atoms with Crippen LogP contribution in [0.4, 0.5) is 5.82 Å². The van der Waals surface area contributed by atoms with Crippen molar-refractivity contribution in [1.82, 2.24) is 25.1 Å². The fraction of sp³-hybridized carbons (Fsp3) is 0.450. The van der Waals surface area contributed by atoms with Gasteiger partial charge in [0.2, 0.25) is 21.8 Å². The van der Waals surface area contributed by atoms with Crippen LogP contribution in [0.2, 0.25) is 0 Å². The van der Waals surface area contributed by atoms with Crippen molar-refractivity contribution in [2.75, 3.05) is 43.4 Å². The second kappa shape index (κ2) is 10.9. The SMILES string of the molecule is Cc1cc(CC(=O)N[C@@H](CS(=O)(=O)N2CCN(c3ccccn3)CC2)C(=O)NCC#N)on1. The molecule has 0 bridgehead atoms. The van der Waals surface area contributed by atoms with Gasteiger partial charge in [0, 0.05) is 38.4 Å². The lowest BCUT2D eigenvalue weighted by Crippen LogP contribution is -2.55. The predicted molar refractivity (Wildman–Crippen MR) is 117 cm³/mol. The molecule has 0 radical (unpaired) electrons. The van der Waals surface area contributed by atoms with Crippen LogP contribution in [0.25, 0.3) is 0 Å². The van der Waals surface area contributed by atoms with Gasteiger partial charge < -0.3 is 20.1 Å². The zero-order valence-electron chi connectivity index (χ0n) is 18.1. The fourth-order valence-electron chi connectivity index (χ4n) is 3.39. The van der Waals surface area contributed by atoms with Crippen molar-refractivity contribution < 1.29 is 22.5 Å². The average Bonchev–Trinajstić information content (AvgIpc) is 3.21. The Kier molecular flexibility index (Phi) is 7.96. The first-order valence-corrected chi connectivity index (χ1v) is 11.9. The maximum absolute atomic E-state index is 13.0. The Morgan fingerprint density at radius 1 is 1.27 bits per heavy atom. The summed E-state index contributed by atoms with van der Waals surface area (Å²) in [5.74, 6) is -0.935. The third-order valence-corrected chi connectivity index (χ3v) is 6.89. The van der Waals surface area contributed by atoms with Crippen LogP contribution >= 0.6 is 0 Å². The van der Waals surface area contributed by atoms with Gasteiger partial charge in [0.15, 0.2) is 0 Å². The van der Waals surface area contributed by atoms with Gasteiger partial charge in [-0.1, -0.05) is 11.2 Å². The number of nitrogens with zero attached hydrogens (tertiary/aromatic N) is 5. The van der Waals surface area contributed by atoms with E-state index < -0.39 is 33.6 Å². The molecule has 1 saturated heterocycles. The number of aromatic nitrogens is 2. The van der Waals surface area contributed by atoms with E-state index in [9.17, 15) is 18.0 Å². The number of pyridine rings is 1. The Morgan fingerprint density at radius 2 is 2.03 bits per heavy atom. The second-order valence-corrected chi connectivity index (χ2v) is 9.47. The molecule has 3 heterocycles. The Labute approximate surface area is 191 Å². The molecule has 12 nitrogen and oxygen atoms in total. The Hall–Kier alpha value is -3.50. The Balaban J connectivity index is 1.64. The van der Waals surface area contributed by atoms with E-state index in [2.05, 4.69) is 20.8 Å². The van der Waals surface area contributed by atoms with Gasteiger partial charge >= 0.3 is 0 Å². The fourth-order valence-corrected chi connectivity index (χ4v) is 4.97. The van der Waals surface area contributed by atoms with Gasteiger partial charge in [-0.05, 0) is 19.1 Å². The largest absolute Gasteiger partial charge is 0.361 e. The van der Waals surface area contributed by atoms with Crippen LogP contribution in [-0.4, -0.2) is 79.2 Å².